The highest BCUT2D eigenvalue weighted by atomic mass is 16.7. The van der Waals surface area contributed by atoms with E-state index < -0.39 is 6.29 Å². The molecule has 7 nitrogen and oxygen atoms in total. The van der Waals surface area contributed by atoms with Crippen LogP contribution in [-0.4, -0.2) is 52.9 Å². The van der Waals surface area contributed by atoms with Crippen LogP contribution in [0.25, 0.3) is 0 Å². The Morgan fingerprint density at radius 2 is 1.75 bits per heavy atom. The first-order valence-corrected chi connectivity index (χ1v) is 11.2. The minimum atomic E-state index is -0.501. The van der Waals surface area contributed by atoms with Crippen molar-refractivity contribution in [3.05, 3.63) is 70.8 Å². The number of rotatable bonds is 7. The topological polar surface area (TPSA) is 91.3 Å². The Morgan fingerprint density at radius 1 is 1.06 bits per heavy atom. The normalized spacial score (nSPS) is 26.2. The van der Waals surface area contributed by atoms with Crippen molar-refractivity contribution in [1.29, 1.82) is 0 Å². The predicted molar refractivity (Wildman–Crippen MR) is 119 cm³/mol. The van der Waals surface area contributed by atoms with Gasteiger partial charge in [-0.1, -0.05) is 48.5 Å². The lowest BCUT2D eigenvalue weighted by Crippen LogP contribution is -2.38. The number of nitrogens with one attached hydrogen (secondary N) is 1. The molecule has 2 aromatic carbocycles. The number of amides is 1. The first-order valence-electron chi connectivity index (χ1n) is 11.2. The molecule has 32 heavy (non-hydrogen) atoms. The largest absolute Gasteiger partial charge is 0.392 e. The van der Waals surface area contributed by atoms with E-state index in [1.54, 1.807) is 0 Å². The Labute approximate surface area is 189 Å². The molecular weight excluding hydrogens is 408 g/mol. The summed E-state index contributed by atoms with van der Waals surface area (Å²) in [7, 11) is 0. The number of aliphatic hydroxyl groups is 2. The highest BCUT2D eigenvalue weighted by molar-refractivity contribution is 5.72. The molecule has 172 valence electrons. The number of aliphatic hydroxyl groups excluding tert-OH is 2. The summed E-state index contributed by atoms with van der Waals surface area (Å²) in [6.45, 7) is 4.32. The van der Waals surface area contributed by atoms with Gasteiger partial charge in [-0.2, -0.15) is 0 Å². The average Bonchev–Trinajstić information content (AvgIpc) is 3.22. The van der Waals surface area contributed by atoms with Crippen molar-refractivity contribution in [3.63, 3.8) is 0 Å². The van der Waals surface area contributed by atoms with Gasteiger partial charge < -0.3 is 25.0 Å². The molecule has 2 aliphatic heterocycles. The maximum atomic E-state index is 11.2. The van der Waals surface area contributed by atoms with Gasteiger partial charge in [0, 0.05) is 45.1 Å². The number of likely N-dealkylation sites (tertiary alicyclic amines) is 1. The maximum absolute atomic E-state index is 11.2. The number of carbonyl (C=O) groups excluding carboxylic acids is 1. The molecule has 4 atom stereocenters. The van der Waals surface area contributed by atoms with Gasteiger partial charge in [0.2, 0.25) is 5.91 Å². The summed E-state index contributed by atoms with van der Waals surface area (Å²) >= 11 is 0. The number of hydrogen-bond donors (Lipinski definition) is 3. The third-order valence-electron chi connectivity index (χ3n) is 6.12. The highest BCUT2D eigenvalue weighted by Gasteiger charge is 2.34. The van der Waals surface area contributed by atoms with Crippen LogP contribution in [0.3, 0.4) is 0 Å². The van der Waals surface area contributed by atoms with Crippen molar-refractivity contribution in [1.82, 2.24) is 10.2 Å². The Balaban J connectivity index is 1.49. The molecule has 2 heterocycles. The SMILES string of the molecule is CC(=O)NCc1ccc(C2OC(CN3CCC(O)C3)CC(c3ccc(CO)cc3)O2)cc1. The van der Waals surface area contributed by atoms with Crippen molar-refractivity contribution in [2.24, 2.45) is 0 Å². The molecule has 2 fully saturated rings. The van der Waals surface area contributed by atoms with E-state index in [0.29, 0.717) is 13.1 Å². The minimum absolute atomic E-state index is 0.0162. The number of benzene rings is 2. The zero-order valence-electron chi connectivity index (χ0n) is 18.4. The van der Waals surface area contributed by atoms with Crippen LogP contribution < -0.4 is 5.32 Å². The molecule has 3 N–H and O–H groups in total. The molecular formula is C25H32N2O5. The molecule has 2 saturated heterocycles. The quantitative estimate of drug-likeness (QED) is 0.613. The molecule has 7 heteroatoms. The fourth-order valence-corrected chi connectivity index (χ4v) is 4.32. The number of hydrogen-bond acceptors (Lipinski definition) is 6. The lowest BCUT2D eigenvalue weighted by atomic mass is 9.99. The molecule has 0 aromatic heterocycles. The maximum Gasteiger partial charge on any atom is 0.217 e. The molecule has 2 aliphatic rings. The van der Waals surface area contributed by atoms with Crippen molar-refractivity contribution in [2.45, 2.75) is 57.5 Å². The van der Waals surface area contributed by atoms with Crippen LogP contribution in [0.15, 0.2) is 48.5 Å². The third kappa shape index (κ3) is 5.94. The van der Waals surface area contributed by atoms with E-state index in [4.69, 9.17) is 9.47 Å². The summed E-state index contributed by atoms with van der Waals surface area (Å²) in [5.74, 6) is -0.0574. The van der Waals surface area contributed by atoms with Gasteiger partial charge in [-0.15, -0.1) is 0 Å². The molecule has 0 bridgehead atoms. The number of carbonyl (C=O) groups is 1. The van der Waals surface area contributed by atoms with Crippen molar-refractivity contribution in [3.8, 4) is 0 Å². The summed E-state index contributed by atoms with van der Waals surface area (Å²) in [5.41, 5.74) is 3.87. The van der Waals surface area contributed by atoms with E-state index >= 15 is 0 Å². The molecule has 0 saturated carbocycles. The van der Waals surface area contributed by atoms with Gasteiger partial charge in [-0.05, 0) is 23.1 Å². The average molecular weight is 441 g/mol. The van der Waals surface area contributed by atoms with E-state index in [9.17, 15) is 15.0 Å². The fourth-order valence-electron chi connectivity index (χ4n) is 4.32. The van der Waals surface area contributed by atoms with Gasteiger partial charge in [0.25, 0.3) is 0 Å². The van der Waals surface area contributed by atoms with Crippen LogP contribution in [0.4, 0.5) is 0 Å². The van der Waals surface area contributed by atoms with Crippen LogP contribution in [-0.2, 0) is 27.4 Å². The Hall–Kier alpha value is -2.29. The molecule has 4 rings (SSSR count). The molecule has 1 amide bonds. The summed E-state index contributed by atoms with van der Waals surface area (Å²) in [4.78, 5) is 13.4. The zero-order chi connectivity index (χ0) is 22.5. The van der Waals surface area contributed by atoms with Gasteiger partial charge in [0.05, 0.1) is 24.9 Å². The van der Waals surface area contributed by atoms with Crippen LogP contribution in [0.5, 0.6) is 0 Å². The number of ether oxygens (including phenoxy) is 2. The standard InChI is InChI=1S/C25H32N2O5/c1-17(29)26-13-18-2-8-21(9-3-18)25-31-23(15-27-11-10-22(30)14-27)12-24(32-25)20-6-4-19(16-28)5-7-20/h2-9,22-25,28,30H,10-16H2,1H3,(H,26,29). The Morgan fingerprint density at radius 3 is 2.38 bits per heavy atom. The molecule has 0 aliphatic carbocycles. The fraction of sp³-hybridized carbons (Fsp3) is 0.480. The second kappa shape index (κ2) is 10.6. The van der Waals surface area contributed by atoms with Gasteiger partial charge in [-0.3, -0.25) is 9.69 Å². The minimum Gasteiger partial charge on any atom is -0.392 e. The Bertz CT molecular complexity index is 886. The van der Waals surface area contributed by atoms with Crippen molar-refractivity contribution in [2.75, 3.05) is 19.6 Å². The van der Waals surface area contributed by atoms with Gasteiger partial charge in [0.15, 0.2) is 6.29 Å². The zero-order valence-corrected chi connectivity index (χ0v) is 18.4. The van der Waals surface area contributed by atoms with Gasteiger partial charge in [-0.25, -0.2) is 0 Å². The molecule has 2 aromatic rings. The highest BCUT2D eigenvalue weighted by Crippen LogP contribution is 2.38. The van der Waals surface area contributed by atoms with E-state index in [2.05, 4.69) is 10.2 Å². The van der Waals surface area contributed by atoms with Crippen LogP contribution >= 0.6 is 0 Å². The van der Waals surface area contributed by atoms with Crippen molar-refractivity contribution >= 4 is 5.91 Å². The van der Waals surface area contributed by atoms with Crippen LogP contribution in [0.1, 0.15) is 54.4 Å². The van der Waals surface area contributed by atoms with E-state index in [1.807, 2.05) is 48.5 Å². The predicted octanol–water partition coefficient (Wildman–Crippen LogP) is 2.43. The first kappa shape index (κ1) is 22.9. The summed E-state index contributed by atoms with van der Waals surface area (Å²) in [5, 5.41) is 22.0. The van der Waals surface area contributed by atoms with E-state index in [0.717, 1.165) is 48.2 Å². The lowest BCUT2D eigenvalue weighted by molar-refractivity contribution is -0.252. The summed E-state index contributed by atoms with van der Waals surface area (Å²) < 4.78 is 12.7. The molecule has 0 radical (unpaired) electrons. The lowest BCUT2D eigenvalue weighted by Gasteiger charge is -2.37. The second-order valence-electron chi connectivity index (χ2n) is 8.70. The van der Waals surface area contributed by atoms with Gasteiger partial charge in [0.1, 0.15) is 0 Å². The summed E-state index contributed by atoms with van der Waals surface area (Å²) in [6.07, 6.45) is 0.609. The van der Waals surface area contributed by atoms with E-state index in [1.165, 1.54) is 6.92 Å². The van der Waals surface area contributed by atoms with Crippen molar-refractivity contribution < 1.29 is 24.5 Å². The third-order valence-corrected chi connectivity index (χ3v) is 6.12. The van der Waals surface area contributed by atoms with E-state index in [-0.39, 0.29) is 30.8 Å². The number of nitrogens with zero attached hydrogens (tertiary/aromatic N) is 1. The molecule has 4 unspecified atom stereocenters. The Kier molecular flexibility index (Phi) is 7.55. The second-order valence-corrected chi connectivity index (χ2v) is 8.70. The first-order chi connectivity index (χ1) is 15.5. The van der Waals surface area contributed by atoms with Crippen LogP contribution in [0, 0.1) is 0 Å². The number of β-amino-alcohol motifs (C(OH)–C–C–N with tert-alkyl or cyclic N) is 1. The molecule has 0 spiro atoms. The summed E-state index contributed by atoms with van der Waals surface area (Å²) in [6, 6.07) is 15.8. The van der Waals surface area contributed by atoms with Crippen LogP contribution in [0.2, 0.25) is 0 Å². The van der Waals surface area contributed by atoms with Gasteiger partial charge >= 0.3 is 0 Å². The smallest absolute Gasteiger partial charge is 0.217 e. The monoisotopic (exact) mass is 440 g/mol.